The number of amides is 1. The van der Waals surface area contributed by atoms with Crippen LogP contribution in [0, 0.1) is 0 Å². The number of hydrogen-bond donors (Lipinski definition) is 1. The lowest BCUT2D eigenvalue weighted by Gasteiger charge is -2.14. The summed E-state index contributed by atoms with van der Waals surface area (Å²) in [6.45, 7) is 2.01. The van der Waals surface area contributed by atoms with Gasteiger partial charge in [-0.15, -0.1) is 10.2 Å². The summed E-state index contributed by atoms with van der Waals surface area (Å²) < 4.78 is 3.42. The van der Waals surface area contributed by atoms with Crippen molar-refractivity contribution in [3.63, 3.8) is 0 Å². The lowest BCUT2D eigenvalue weighted by molar-refractivity contribution is -0.122. The fourth-order valence-electron chi connectivity index (χ4n) is 5.86. The van der Waals surface area contributed by atoms with Crippen LogP contribution in [-0.2, 0) is 16.8 Å². The van der Waals surface area contributed by atoms with Gasteiger partial charge in [0.05, 0.1) is 35.1 Å². The summed E-state index contributed by atoms with van der Waals surface area (Å²) >= 11 is 0. The van der Waals surface area contributed by atoms with Crippen LogP contribution in [0.5, 0.6) is 0 Å². The third-order valence-electron chi connectivity index (χ3n) is 8.41. The Bertz CT molecular complexity index is 2180. The van der Waals surface area contributed by atoms with Crippen molar-refractivity contribution in [1.29, 1.82) is 0 Å². The van der Waals surface area contributed by atoms with Gasteiger partial charge in [0.15, 0.2) is 5.82 Å². The normalized spacial score (nSPS) is 14.4. The molecule has 1 unspecified atom stereocenters. The van der Waals surface area contributed by atoms with Crippen LogP contribution in [0.2, 0.25) is 0 Å². The zero-order valence-electron chi connectivity index (χ0n) is 24.4. The van der Waals surface area contributed by atoms with Crippen molar-refractivity contribution in [2.45, 2.75) is 37.8 Å². The molecule has 1 saturated carbocycles. The van der Waals surface area contributed by atoms with Crippen LogP contribution in [-0.4, -0.2) is 50.5 Å². The van der Waals surface area contributed by atoms with Crippen LogP contribution in [0.3, 0.4) is 0 Å². The molecule has 1 aliphatic rings. The van der Waals surface area contributed by atoms with Crippen LogP contribution in [0.4, 0.5) is 0 Å². The molecule has 5 aromatic heterocycles. The Morgan fingerprint density at radius 3 is 2.64 bits per heavy atom. The number of hydrogen-bond acceptors (Lipinski definition) is 8. The van der Waals surface area contributed by atoms with E-state index in [0.717, 1.165) is 52.0 Å². The van der Waals surface area contributed by atoms with E-state index < -0.39 is 0 Å². The van der Waals surface area contributed by atoms with Crippen molar-refractivity contribution in [2.75, 3.05) is 0 Å². The predicted octanol–water partition coefficient (Wildman–Crippen LogP) is 4.95. The van der Waals surface area contributed by atoms with E-state index in [1.807, 2.05) is 67.8 Å². The van der Waals surface area contributed by atoms with E-state index in [1.165, 1.54) is 5.56 Å². The van der Waals surface area contributed by atoms with E-state index in [1.54, 1.807) is 27.8 Å². The van der Waals surface area contributed by atoms with Gasteiger partial charge in [0.2, 0.25) is 5.91 Å². The summed E-state index contributed by atoms with van der Waals surface area (Å²) in [5.74, 6) is 1.12. The van der Waals surface area contributed by atoms with Crippen molar-refractivity contribution in [1.82, 2.24) is 49.9 Å². The topological polar surface area (TPSA) is 129 Å². The number of carbonyl (C=O) groups excluding carboxylic acids is 1. The Hall–Kier alpha value is -5.84. The molecule has 0 spiro atoms. The molecular formula is C34H28N10O. The maximum Gasteiger partial charge on any atom is 0.271 e. The molecular weight excluding hydrogens is 564 g/mol. The second kappa shape index (κ2) is 10.7. The average Bonchev–Trinajstić information content (AvgIpc) is 3.55. The Morgan fingerprint density at radius 1 is 0.889 bits per heavy atom. The molecule has 45 heavy (non-hydrogen) atoms. The molecule has 0 bridgehead atoms. The third kappa shape index (κ3) is 4.97. The van der Waals surface area contributed by atoms with E-state index in [0.29, 0.717) is 11.5 Å². The number of carbonyl (C=O) groups is 1. The number of rotatable bonds is 8. The molecule has 1 aliphatic carbocycles. The average molecular weight is 593 g/mol. The molecule has 1 amide bonds. The van der Waals surface area contributed by atoms with Gasteiger partial charge in [0.25, 0.3) is 5.78 Å². The van der Waals surface area contributed by atoms with Gasteiger partial charge in [0.1, 0.15) is 12.2 Å². The predicted molar refractivity (Wildman–Crippen MR) is 168 cm³/mol. The molecule has 220 valence electrons. The van der Waals surface area contributed by atoms with E-state index in [9.17, 15) is 4.79 Å². The van der Waals surface area contributed by atoms with E-state index in [4.69, 9.17) is 5.10 Å². The minimum absolute atomic E-state index is 0.102. The van der Waals surface area contributed by atoms with Gasteiger partial charge in [-0.1, -0.05) is 36.4 Å². The van der Waals surface area contributed by atoms with E-state index in [2.05, 4.69) is 59.8 Å². The van der Waals surface area contributed by atoms with Crippen LogP contribution in [0.1, 0.15) is 42.9 Å². The highest BCUT2D eigenvalue weighted by molar-refractivity contribution is 5.80. The first-order valence-corrected chi connectivity index (χ1v) is 14.8. The van der Waals surface area contributed by atoms with Gasteiger partial charge in [0, 0.05) is 35.1 Å². The van der Waals surface area contributed by atoms with Crippen molar-refractivity contribution in [2.24, 2.45) is 0 Å². The van der Waals surface area contributed by atoms with Crippen molar-refractivity contribution < 1.29 is 4.79 Å². The summed E-state index contributed by atoms with van der Waals surface area (Å²) in [5.41, 5.74) is 6.16. The quantitative estimate of drug-likeness (QED) is 0.263. The fraction of sp³-hybridized carbons (Fsp3) is 0.176. The lowest BCUT2D eigenvalue weighted by Crippen LogP contribution is -2.30. The van der Waals surface area contributed by atoms with Gasteiger partial charge in [-0.25, -0.2) is 4.98 Å². The molecule has 5 heterocycles. The standard InChI is InChI=1S/C34H28N10O/c1-22(28-9-2-3-14-35-28)39-31(45)21-43-20-26(18-38-43)23-6-4-7-24(16-23)30-19-37-33-41-40-32(44(33)42-30)34(12-13-34)27-10-11-29-25(17-27)8-5-15-36-29/h2-11,14-20,22H,12-13,21H2,1H3,(H,39,45). The fourth-order valence-corrected chi connectivity index (χ4v) is 5.86. The molecule has 1 fully saturated rings. The van der Waals surface area contributed by atoms with E-state index in [-0.39, 0.29) is 23.9 Å². The van der Waals surface area contributed by atoms with Crippen molar-refractivity contribution in [3.05, 3.63) is 121 Å². The van der Waals surface area contributed by atoms with Gasteiger partial charge in [-0.2, -0.15) is 14.7 Å². The van der Waals surface area contributed by atoms with Gasteiger partial charge in [-0.3, -0.25) is 19.4 Å². The smallest absolute Gasteiger partial charge is 0.271 e. The second-order valence-corrected chi connectivity index (χ2v) is 11.4. The maximum atomic E-state index is 12.7. The summed E-state index contributed by atoms with van der Waals surface area (Å²) in [7, 11) is 0. The highest BCUT2D eigenvalue weighted by Gasteiger charge is 2.50. The van der Waals surface area contributed by atoms with Gasteiger partial charge in [-0.05, 0) is 67.3 Å². The number of benzene rings is 2. The highest BCUT2D eigenvalue weighted by atomic mass is 16.2. The summed E-state index contributed by atoms with van der Waals surface area (Å²) in [6, 6.07) is 23.9. The summed E-state index contributed by atoms with van der Waals surface area (Å²) in [4.78, 5) is 26.1. The summed E-state index contributed by atoms with van der Waals surface area (Å²) in [5, 5.41) is 22.4. The molecule has 0 saturated heterocycles. The number of aromatic nitrogens is 9. The first-order chi connectivity index (χ1) is 22.1. The molecule has 11 nitrogen and oxygen atoms in total. The molecule has 1 atom stereocenters. The van der Waals surface area contributed by atoms with E-state index >= 15 is 0 Å². The van der Waals surface area contributed by atoms with Gasteiger partial charge < -0.3 is 5.32 Å². The third-order valence-corrected chi connectivity index (χ3v) is 8.41. The van der Waals surface area contributed by atoms with Crippen LogP contribution >= 0.6 is 0 Å². The molecule has 8 rings (SSSR count). The number of fused-ring (bicyclic) bond motifs is 2. The number of nitrogens with one attached hydrogen (secondary N) is 1. The largest absolute Gasteiger partial charge is 0.346 e. The Balaban J connectivity index is 1.04. The molecule has 2 aromatic carbocycles. The first-order valence-electron chi connectivity index (χ1n) is 14.8. The zero-order valence-corrected chi connectivity index (χ0v) is 24.4. The first kappa shape index (κ1) is 26.8. The van der Waals surface area contributed by atoms with Crippen LogP contribution < -0.4 is 5.32 Å². The zero-order chi connectivity index (χ0) is 30.4. The number of pyridine rings is 2. The van der Waals surface area contributed by atoms with Crippen LogP contribution in [0.15, 0.2) is 104 Å². The molecule has 11 heteroatoms. The molecule has 0 aliphatic heterocycles. The Morgan fingerprint density at radius 2 is 1.78 bits per heavy atom. The Labute approximate surface area is 258 Å². The second-order valence-electron chi connectivity index (χ2n) is 11.4. The molecule has 0 radical (unpaired) electrons. The minimum Gasteiger partial charge on any atom is -0.346 e. The minimum atomic E-state index is -0.255. The highest BCUT2D eigenvalue weighted by Crippen LogP contribution is 2.53. The van der Waals surface area contributed by atoms with Gasteiger partial charge >= 0.3 is 0 Å². The Kier molecular flexibility index (Phi) is 6.37. The SMILES string of the molecule is CC(NC(=O)Cn1cc(-c2cccc(-c3cnc4nnc(C5(c6ccc7ncccc7c6)CC5)n4n3)c2)cn1)c1ccccn1. The maximum absolute atomic E-state index is 12.7. The number of nitrogens with zero attached hydrogens (tertiary/aromatic N) is 9. The van der Waals surface area contributed by atoms with Crippen molar-refractivity contribution in [3.8, 4) is 22.4 Å². The molecule has 7 aromatic rings. The monoisotopic (exact) mass is 592 g/mol. The molecule has 1 N–H and O–H groups in total. The van der Waals surface area contributed by atoms with Crippen LogP contribution in [0.25, 0.3) is 39.1 Å². The summed E-state index contributed by atoms with van der Waals surface area (Å²) in [6.07, 6.45) is 10.8. The van der Waals surface area contributed by atoms with Crippen molar-refractivity contribution >= 4 is 22.6 Å². The lowest BCUT2D eigenvalue weighted by atomic mass is 9.94.